The Bertz CT molecular complexity index is 1420. The fraction of sp³-hybridized carbons (Fsp3) is 0.310. The molecule has 0 bridgehead atoms. The Morgan fingerprint density at radius 1 is 1.05 bits per heavy atom. The van der Waals surface area contributed by atoms with Crippen LogP contribution in [-0.4, -0.2) is 17.0 Å². The summed E-state index contributed by atoms with van der Waals surface area (Å²) >= 11 is 0. The van der Waals surface area contributed by atoms with Gasteiger partial charge in [0.25, 0.3) is 5.91 Å². The molecule has 0 heterocycles. The van der Waals surface area contributed by atoms with Crippen molar-refractivity contribution in [1.82, 2.24) is 0 Å². The highest BCUT2D eigenvalue weighted by molar-refractivity contribution is 6.06. The number of aliphatic carboxylic acids is 1. The van der Waals surface area contributed by atoms with Crippen molar-refractivity contribution in [3.05, 3.63) is 88.0 Å². The number of carbonyl (C=O) groups is 2. The normalized spacial score (nSPS) is 14.1. The second kappa shape index (κ2) is 11.0. The number of carboxylic acid groups (broad SMARTS) is 1. The van der Waals surface area contributed by atoms with Crippen LogP contribution in [0, 0.1) is 24.5 Å². The highest BCUT2D eigenvalue weighted by Crippen LogP contribution is 2.48. The molecule has 1 fully saturated rings. The van der Waals surface area contributed by atoms with Crippen LogP contribution >= 0.6 is 0 Å². The first-order valence-electron chi connectivity index (χ1n) is 12.4. The molecule has 1 amide bonds. The third kappa shape index (κ3) is 6.55. The van der Waals surface area contributed by atoms with E-state index in [0.29, 0.717) is 18.4 Å². The van der Waals surface area contributed by atoms with Crippen LogP contribution in [0.5, 0.6) is 11.5 Å². The number of halogens is 5. The summed E-state index contributed by atoms with van der Waals surface area (Å²) in [7, 11) is 0. The molecular formula is C29H26F5NO4. The standard InChI is InChI=1S/C29H26F5NO4/c1-3-16(28(37)38)11-18-12-20(7-8-24(18)31)35-27(36)22-13-23(29(32,33)34)21(17-4-5-17)14-26(22)39-25-9-6-19(30)10-15(25)2/h6-10,12-14,16-17H,3-5,11H2,1-2H3,(H,35,36)(H,37,38). The molecule has 0 saturated heterocycles. The molecule has 1 aliphatic rings. The number of anilines is 1. The highest BCUT2D eigenvalue weighted by Gasteiger charge is 2.40. The lowest BCUT2D eigenvalue weighted by molar-refractivity contribution is -0.142. The average molecular weight is 548 g/mol. The second-order valence-corrected chi connectivity index (χ2v) is 9.63. The first-order valence-corrected chi connectivity index (χ1v) is 12.4. The topological polar surface area (TPSA) is 75.6 Å². The Morgan fingerprint density at radius 2 is 1.77 bits per heavy atom. The van der Waals surface area contributed by atoms with E-state index in [4.69, 9.17) is 4.74 Å². The zero-order chi connectivity index (χ0) is 28.5. The number of ether oxygens (including phenoxy) is 1. The SMILES string of the molecule is CCC(Cc1cc(NC(=O)c2cc(C(F)(F)F)c(C3CC3)cc2Oc2ccc(F)cc2C)ccc1F)C(=O)O. The minimum atomic E-state index is -4.73. The average Bonchev–Trinajstić information content (AvgIpc) is 3.70. The van der Waals surface area contributed by atoms with Crippen LogP contribution in [0.1, 0.15) is 64.7 Å². The Kier molecular flexibility index (Phi) is 7.94. The van der Waals surface area contributed by atoms with Crippen molar-refractivity contribution in [2.45, 2.75) is 51.6 Å². The maximum Gasteiger partial charge on any atom is 0.416 e. The zero-order valence-electron chi connectivity index (χ0n) is 21.2. The molecule has 0 aliphatic heterocycles. The van der Waals surface area contributed by atoms with E-state index < -0.39 is 46.7 Å². The molecule has 10 heteroatoms. The van der Waals surface area contributed by atoms with Gasteiger partial charge in [-0.2, -0.15) is 13.2 Å². The van der Waals surface area contributed by atoms with Crippen molar-refractivity contribution in [1.29, 1.82) is 0 Å². The zero-order valence-corrected chi connectivity index (χ0v) is 21.2. The summed E-state index contributed by atoms with van der Waals surface area (Å²) in [4.78, 5) is 24.7. The van der Waals surface area contributed by atoms with Crippen molar-refractivity contribution in [3.8, 4) is 11.5 Å². The summed E-state index contributed by atoms with van der Waals surface area (Å²) in [5.74, 6) is -4.39. The molecule has 3 aromatic rings. The van der Waals surface area contributed by atoms with E-state index in [-0.39, 0.29) is 47.1 Å². The third-order valence-electron chi connectivity index (χ3n) is 6.69. The van der Waals surface area contributed by atoms with Crippen LogP contribution in [0.2, 0.25) is 0 Å². The minimum absolute atomic E-state index is 0.0113. The van der Waals surface area contributed by atoms with Crippen LogP contribution < -0.4 is 10.1 Å². The largest absolute Gasteiger partial charge is 0.481 e. The van der Waals surface area contributed by atoms with E-state index in [9.17, 15) is 36.6 Å². The lowest BCUT2D eigenvalue weighted by atomic mass is 9.96. The van der Waals surface area contributed by atoms with Gasteiger partial charge in [0, 0.05) is 5.69 Å². The molecule has 5 nitrogen and oxygen atoms in total. The lowest BCUT2D eigenvalue weighted by Gasteiger charge is -2.19. The quantitative estimate of drug-likeness (QED) is 0.267. The molecule has 206 valence electrons. The monoisotopic (exact) mass is 547 g/mol. The molecule has 39 heavy (non-hydrogen) atoms. The summed E-state index contributed by atoms with van der Waals surface area (Å²) in [6.45, 7) is 3.21. The fourth-order valence-corrected chi connectivity index (χ4v) is 4.36. The van der Waals surface area contributed by atoms with Crippen molar-refractivity contribution >= 4 is 17.6 Å². The van der Waals surface area contributed by atoms with Gasteiger partial charge in [0.1, 0.15) is 23.1 Å². The van der Waals surface area contributed by atoms with Gasteiger partial charge in [-0.05, 0) is 104 Å². The van der Waals surface area contributed by atoms with Crippen molar-refractivity contribution in [2.24, 2.45) is 5.92 Å². The molecule has 1 aliphatic carbocycles. The molecule has 2 N–H and O–H groups in total. The van der Waals surface area contributed by atoms with Crippen molar-refractivity contribution in [3.63, 3.8) is 0 Å². The maximum atomic E-state index is 14.4. The summed E-state index contributed by atoms with van der Waals surface area (Å²) in [6, 6.07) is 9.12. The Labute approximate surface area is 221 Å². The van der Waals surface area contributed by atoms with Gasteiger partial charge in [0.05, 0.1) is 17.0 Å². The van der Waals surface area contributed by atoms with E-state index in [0.717, 1.165) is 18.2 Å². The van der Waals surface area contributed by atoms with Gasteiger partial charge in [-0.25, -0.2) is 8.78 Å². The molecule has 1 saturated carbocycles. The first kappa shape index (κ1) is 28.1. The van der Waals surface area contributed by atoms with E-state index >= 15 is 0 Å². The summed E-state index contributed by atoms with van der Waals surface area (Å²) < 4.78 is 75.8. The maximum absolute atomic E-state index is 14.4. The van der Waals surface area contributed by atoms with Gasteiger partial charge in [-0.1, -0.05) is 6.92 Å². The number of amides is 1. The van der Waals surface area contributed by atoms with E-state index in [1.807, 2.05) is 0 Å². The van der Waals surface area contributed by atoms with Gasteiger partial charge in [0.2, 0.25) is 0 Å². The predicted octanol–water partition coefficient (Wildman–Crippen LogP) is 7.87. The number of aryl methyl sites for hydroxylation is 1. The number of rotatable bonds is 9. The third-order valence-corrected chi connectivity index (χ3v) is 6.69. The van der Waals surface area contributed by atoms with Crippen LogP contribution in [0.15, 0.2) is 48.5 Å². The Balaban J connectivity index is 1.73. The molecule has 0 aromatic heterocycles. The molecule has 0 spiro atoms. The summed E-state index contributed by atoms with van der Waals surface area (Å²) in [6.07, 6.45) is -3.48. The number of hydrogen-bond donors (Lipinski definition) is 2. The molecule has 1 atom stereocenters. The number of benzene rings is 3. The van der Waals surface area contributed by atoms with Gasteiger partial charge in [-0.3, -0.25) is 9.59 Å². The van der Waals surface area contributed by atoms with Crippen molar-refractivity contribution < 1.29 is 41.4 Å². The summed E-state index contributed by atoms with van der Waals surface area (Å²) in [5.41, 5.74) is -0.872. The predicted molar refractivity (Wildman–Crippen MR) is 134 cm³/mol. The molecule has 0 radical (unpaired) electrons. The fourth-order valence-electron chi connectivity index (χ4n) is 4.36. The molecular weight excluding hydrogens is 521 g/mol. The van der Waals surface area contributed by atoms with Crippen molar-refractivity contribution in [2.75, 3.05) is 5.32 Å². The van der Waals surface area contributed by atoms with Gasteiger partial charge >= 0.3 is 12.1 Å². The lowest BCUT2D eigenvalue weighted by Crippen LogP contribution is -2.18. The van der Waals surface area contributed by atoms with E-state index in [1.165, 1.54) is 30.3 Å². The minimum Gasteiger partial charge on any atom is -0.481 e. The number of carboxylic acids is 1. The first-order chi connectivity index (χ1) is 18.4. The van der Waals surface area contributed by atoms with E-state index in [1.54, 1.807) is 13.8 Å². The molecule has 3 aromatic carbocycles. The van der Waals surface area contributed by atoms with Crippen LogP contribution in [-0.2, 0) is 17.4 Å². The second-order valence-electron chi connectivity index (χ2n) is 9.63. The van der Waals surface area contributed by atoms with Gasteiger partial charge in [-0.15, -0.1) is 0 Å². The Hall–Kier alpha value is -3.95. The van der Waals surface area contributed by atoms with Gasteiger partial charge in [0.15, 0.2) is 0 Å². The number of carbonyl (C=O) groups excluding carboxylic acids is 1. The number of nitrogens with one attached hydrogen (secondary N) is 1. The van der Waals surface area contributed by atoms with Crippen LogP contribution in [0.25, 0.3) is 0 Å². The summed E-state index contributed by atoms with van der Waals surface area (Å²) in [5, 5.41) is 11.8. The van der Waals surface area contributed by atoms with Crippen LogP contribution in [0.4, 0.5) is 27.6 Å². The smallest absolute Gasteiger partial charge is 0.416 e. The number of alkyl halides is 3. The van der Waals surface area contributed by atoms with Crippen LogP contribution in [0.3, 0.4) is 0 Å². The van der Waals surface area contributed by atoms with Gasteiger partial charge < -0.3 is 15.2 Å². The molecule has 4 rings (SSSR count). The molecule has 1 unspecified atom stereocenters. The number of hydrogen-bond acceptors (Lipinski definition) is 3. The Morgan fingerprint density at radius 3 is 2.36 bits per heavy atom. The van der Waals surface area contributed by atoms with E-state index in [2.05, 4.69) is 5.32 Å². The highest BCUT2D eigenvalue weighted by atomic mass is 19.4.